The van der Waals surface area contributed by atoms with Crippen LogP contribution < -0.4 is 9.46 Å². The van der Waals surface area contributed by atoms with Crippen molar-refractivity contribution in [3.63, 3.8) is 0 Å². The van der Waals surface area contributed by atoms with Crippen molar-refractivity contribution >= 4 is 27.3 Å². The smallest absolute Gasteiger partial charge is 0.261 e. The van der Waals surface area contributed by atoms with E-state index >= 15 is 0 Å². The third kappa shape index (κ3) is 4.60. The van der Waals surface area contributed by atoms with Crippen LogP contribution in [0.25, 0.3) is 0 Å². The number of aromatic nitrogens is 1. The van der Waals surface area contributed by atoms with Crippen LogP contribution in [0, 0.1) is 11.3 Å². The van der Waals surface area contributed by atoms with Gasteiger partial charge in [0.15, 0.2) is 0 Å². The molecule has 0 bridgehead atoms. The Labute approximate surface area is 168 Å². The van der Waals surface area contributed by atoms with Crippen LogP contribution in [0.4, 0.5) is 5.69 Å². The molecule has 0 amide bonds. The monoisotopic (exact) mass is 413 g/mol. The predicted molar refractivity (Wildman–Crippen MR) is 107 cm³/mol. The number of hydrogen-bond acceptors (Lipinski definition) is 5. The van der Waals surface area contributed by atoms with Crippen LogP contribution in [0.15, 0.2) is 65.8 Å². The Bertz CT molecular complexity index is 1140. The molecule has 28 heavy (non-hydrogen) atoms. The molecule has 0 saturated carbocycles. The molecule has 2 aromatic carbocycles. The van der Waals surface area contributed by atoms with E-state index in [4.69, 9.17) is 16.3 Å². The summed E-state index contributed by atoms with van der Waals surface area (Å²) in [6.07, 6.45) is 3.76. The number of sulfonamides is 1. The molecule has 0 aliphatic heterocycles. The lowest BCUT2D eigenvalue weighted by molar-refractivity contribution is 0.478. The summed E-state index contributed by atoms with van der Waals surface area (Å²) in [6.45, 7) is 2.02. The Morgan fingerprint density at radius 2 is 1.89 bits per heavy atom. The Balaban J connectivity index is 1.86. The number of anilines is 1. The minimum atomic E-state index is -3.85. The quantitative estimate of drug-likeness (QED) is 0.628. The molecule has 0 atom stereocenters. The van der Waals surface area contributed by atoms with Crippen molar-refractivity contribution in [2.75, 3.05) is 4.72 Å². The molecule has 1 heterocycles. The molecular formula is C20H16ClN3O3S. The summed E-state index contributed by atoms with van der Waals surface area (Å²) in [5, 5.41) is 9.78. The summed E-state index contributed by atoms with van der Waals surface area (Å²) in [5.74, 6) is 0.548. The van der Waals surface area contributed by atoms with Gasteiger partial charge in [0.25, 0.3) is 10.0 Å². The topological polar surface area (TPSA) is 92.1 Å². The number of aryl methyl sites for hydroxylation is 1. The van der Waals surface area contributed by atoms with Gasteiger partial charge in [-0.05, 0) is 42.3 Å². The van der Waals surface area contributed by atoms with Gasteiger partial charge in [0, 0.05) is 18.0 Å². The van der Waals surface area contributed by atoms with Gasteiger partial charge in [0.05, 0.1) is 21.7 Å². The predicted octanol–water partition coefficient (Wildman–Crippen LogP) is 4.76. The van der Waals surface area contributed by atoms with Gasteiger partial charge in [0.2, 0.25) is 0 Å². The first-order valence-corrected chi connectivity index (χ1v) is 10.2. The second-order valence-electron chi connectivity index (χ2n) is 5.87. The van der Waals surface area contributed by atoms with E-state index in [9.17, 15) is 13.7 Å². The normalized spacial score (nSPS) is 10.9. The van der Waals surface area contributed by atoms with Crippen LogP contribution in [0.1, 0.15) is 18.1 Å². The van der Waals surface area contributed by atoms with E-state index < -0.39 is 10.0 Å². The highest BCUT2D eigenvalue weighted by atomic mass is 35.5. The Hall–Kier alpha value is -3.08. The van der Waals surface area contributed by atoms with Gasteiger partial charge in [-0.1, -0.05) is 30.7 Å². The number of nitrogens with zero attached hydrogens (tertiary/aromatic N) is 2. The number of nitrogens with one attached hydrogen (secondary N) is 1. The molecule has 0 spiro atoms. The van der Waals surface area contributed by atoms with Gasteiger partial charge >= 0.3 is 0 Å². The maximum atomic E-state index is 12.6. The first kappa shape index (κ1) is 19.7. The van der Waals surface area contributed by atoms with E-state index in [1.807, 2.05) is 25.1 Å². The summed E-state index contributed by atoms with van der Waals surface area (Å²) in [4.78, 5) is 3.86. The van der Waals surface area contributed by atoms with Crippen LogP contribution in [0.2, 0.25) is 5.02 Å². The number of nitriles is 1. The van der Waals surface area contributed by atoms with E-state index in [1.165, 1.54) is 30.6 Å². The van der Waals surface area contributed by atoms with Crippen molar-refractivity contribution in [3.8, 4) is 17.6 Å². The van der Waals surface area contributed by atoms with Crippen LogP contribution in [-0.2, 0) is 16.4 Å². The average Bonchev–Trinajstić information content (AvgIpc) is 2.68. The highest BCUT2D eigenvalue weighted by Crippen LogP contribution is 2.28. The van der Waals surface area contributed by atoms with Gasteiger partial charge in [-0.3, -0.25) is 9.71 Å². The molecule has 0 unspecified atom stereocenters. The van der Waals surface area contributed by atoms with E-state index in [0.717, 1.165) is 12.0 Å². The fourth-order valence-corrected chi connectivity index (χ4v) is 3.70. The van der Waals surface area contributed by atoms with Gasteiger partial charge in [0.1, 0.15) is 17.6 Å². The van der Waals surface area contributed by atoms with Crippen molar-refractivity contribution in [1.29, 1.82) is 5.26 Å². The molecule has 0 radical (unpaired) electrons. The summed E-state index contributed by atoms with van der Waals surface area (Å²) in [6, 6.07) is 14.7. The van der Waals surface area contributed by atoms with E-state index in [2.05, 4.69) is 9.71 Å². The van der Waals surface area contributed by atoms with Crippen molar-refractivity contribution in [2.45, 2.75) is 18.2 Å². The average molecular weight is 414 g/mol. The first-order valence-electron chi connectivity index (χ1n) is 8.35. The number of pyridine rings is 1. The molecule has 1 N–H and O–H groups in total. The largest absolute Gasteiger partial charge is 0.454 e. The van der Waals surface area contributed by atoms with Crippen molar-refractivity contribution in [1.82, 2.24) is 4.98 Å². The molecule has 3 rings (SSSR count). The lowest BCUT2D eigenvalue weighted by Crippen LogP contribution is -2.13. The number of hydrogen-bond donors (Lipinski definition) is 1. The van der Waals surface area contributed by atoms with Gasteiger partial charge in [-0.2, -0.15) is 5.26 Å². The van der Waals surface area contributed by atoms with Crippen LogP contribution in [-0.4, -0.2) is 13.4 Å². The Kier molecular flexibility index (Phi) is 5.83. The standard InChI is InChI=1S/C20H16ClN3O3S/c1-2-14-3-5-17(6-4-14)24-28(25,26)19-7-8-20(15(9-19)11-22)27-18-10-16(21)12-23-13-18/h3-10,12-13,24H,2H2,1H3. The van der Waals surface area contributed by atoms with Gasteiger partial charge in [-0.25, -0.2) is 8.42 Å². The number of ether oxygens (including phenoxy) is 1. The van der Waals surface area contributed by atoms with Crippen molar-refractivity contribution < 1.29 is 13.2 Å². The zero-order valence-corrected chi connectivity index (χ0v) is 16.5. The second-order valence-corrected chi connectivity index (χ2v) is 7.99. The van der Waals surface area contributed by atoms with Crippen LogP contribution in [0.3, 0.4) is 0 Å². The maximum Gasteiger partial charge on any atom is 0.261 e. The zero-order chi connectivity index (χ0) is 20.1. The summed E-state index contributed by atoms with van der Waals surface area (Å²) < 4.78 is 33.4. The van der Waals surface area contributed by atoms with E-state index in [-0.39, 0.29) is 16.2 Å². The van der Waals surface area contributed by atoms with Crippen molar-refractivity contribution in [3.05, 3.63) is 77.1 Å². The summed E-state index contributed by atoms with van der Waals surface area (Å²) >= 11 is 5.87. The van der Waals surface area contributed by atoms with E-state index in [0.29, 0.717) is 16.5 Å². The minimum absolute atomic E-state index is 0.0415. The fraction of sp³-hybridized carbons (Fsp3) is 0.100. The van der Waals surface area contributed by atoms with Gasteiger partial charge in [-0.15, -0.1) is 0 Å². The fourth-order valence-electron chi connectivity index (χ4n) is 2.45. The SMILES string of the molecule is CCc1ccc(NS(=O)(=O)c2ccc(Oc3cncc(Cl)c3)c(C#N)c2)cc1. The second kappa shape index (κ2) is 8.30. The summed E-state index contributed by atoms with van der Waals surface area (Å²) in [7, 11) is -3.85. The maximum absolute atomic E-state index is 12.6. The number of halogens is 1. The number of rotatable bonds is 6. The molecule has 3 aromatic rings. The first-order chi connectivity index (χ1) is 13.4. The zero-order valence-electron chi connectivity index (χ0n) is 14.9. The highest BCUT2D eigenvalue weighted by Gasteiger charge is 2.17. The third-order valence-electron chi connectivity index (χ3n) is 3.90. The third-order valence-corrected chi connectivity index (χ3v) is 5.49. The van der Waals surface area contributed by atoms with E-state index in [1.54, 1.807) is 18.2 Å². The minimum Gasteiger partial charge on any atom is -0.454 e. The summed E-state index contributed by atoms with van der Waals surface area (Å²) in [5.41, 5.74) is 1.62. The molecule has 6 nitrogen and oxygen atoms in total. The molecular weight excluding hydrogens is 398 g/mol. The molecule has 8 heteroatoms. The van der Waals surface area contributed by atoms with Gasteiger partial charge < -0.3 is 4.74 Å². The van der Waals surface area contributed by atoms with Crippen LogP contribution >= 0.6 is 11.6 Å². The molecule has 1 aromatic heterocycles. The lowest BCUT2D eigenvalue weighted by Gasteiger charge is -2.11. The Morgan fingerprint density at radius 1 is 1.14 bits per heavy atom. The highest BCUT2D eigenvalue weighted by molar-refractivity contribution is 7.92. The molecule has 142 valence electrons. The number of benzene rings is 2. The molecule has 0 saturated heterocycles. The lowest BCUT2D eigenvalue weighted by atomic mass is 10.2. The Morgan fingerprint density at radius 3 is 2.54 bits per heavy atom. The molecule has 0 fully saturated rings. The van der Waals surface area contributed by atoms with Crippen molar-refractivity contribution in [2.24, 2.45) is 0 Å². The molecule has 0 aliphatic carbocycles. The van der Waals surface area contributed by atoms with Crippen LogP contribution in [0.5, 0.6) is 11.5 Å². The molecule has 0 aliphatic rings.